The summed E-state index contributed by atoms with van der Waals surface area (Å²) in [5.74, 6) is 0. The Hall–Kier alpha value is -0.870. The van der Waals surface area contributed by atoms with Gasteiger partial charge in [0.2, 0.25) is 10.0 Å². The first kappa shape index (κ1) is 17.2. The molecule has 0 spiro atoms. The lowest BCUT2D eigenvalue weighted by Gasteiger charge is -2.33. The molecule has 4 heteroatoms. The Labute approximate surface area is 124 Å². The van der Waals surface area contributed by atoms with Crippen molar-refractivity contribution in [2.24, 2.45) is 0 Å². The van der Waals surface area contributed by atoms with Crippen molar-refractivity contribution in [2.45, 2.75) is 71.4 Å². The van der Waals surface area contributed by atoms with Crippen molar-refractivity contribution in [1.29, 1.82) is 0 Å². The van der Waals surface area contributed by atoms with Gasteiger partial charge in [0, 0.05) is 12.1 Å². The fraction of sp³-hybridized carbons (Fsp3) is 0.625. The van der Waals surface area contributed by atoms with Crippen LogP contribution in [-0.2, 0) is 10.0 Å². The van der Waals surface area contributed by atoms with E-state index in [0.717, 1.165) is 24.0 Å². The minimum Gasteiger partial charge on any atom is -0.207 e. The molecule has 0 bridgehead atoms. The van der Waals surface area contributed by atoms with Crippen molar-refractivity contribution in [2.75, 3.05) is 0 Å². The van der Waals surface area contributed by atoms with Gasteiger partial charge in [0.25, 0.3) is 0 Å². The maximum absolute atomic E-state index is 13.0. The van der Waals surface area contributed by atoms with Crippen LogP contribution in [0.2, 0.25) is 0 Å². The van der Waals surface area contributed by atoms with E-state index in [4.69, 9.17) is 0 Å². The third-order valence-corrected chi connectivity index (χ3v) is 6.23. The average molecular weight is 297 g/mol. The Morgan fingerprint density at radius 3 is 1.95 bits per heavy atom. The van der Waals surface area contributed by atoms with Crippen molar-refractivity contribution in [3.63, 3.8) is 0 Å². The molecule has 0 aliphatic heterocycles. The summed E-state index contributed by atoms with van der Waals surface area (Å²) in [6.07, 6.45) is 1.63. The van der Waals surface area contributed by atoms with Crippen LogP contribution in [0.25, 0.3) is 0 Å². The fourth-order valence-corrected chi connectivity index (χ4v) is 4.65. The van der Waals surface area contributed by atoms with E-state index in [1.54, 1.807) is 10.4 Å². The molecule has 3 nitrogen and oxygen atoms in total. The van der Waals surface area contributed by atoms with Crippen molar-refractivity contribution in [3.05, 3.63) is 29.3 Å². The zero-order valence-corrected chi connectivity index (χ0v) is 14.3. The standard InChI is InChI=1S/C16H27NO2S/c1-7-14(5)17(15(6)8-2)20(18,19)16-10-9-12(3)11-13(16)4/h9-11,14-15H,7-8H2,1-6H3. The maximum atomic E-state index is 13.0. The first-order valence-electron chi connectivity index (χ1n) is 7.36. The largest absolute Gasteiger partial charge is 0.243 e. The number of hydrogen-bond donors (Lipinski definition) is 0. The van der Waals surface area contributed by atoms with Gasteiger partial charge in [0.15, 0.2) is 0 Å². The molecule has 0 saturated heterocycles. The van der Waals surface area contributed by atoms with E-state index in [0.29, 0.717) is 4.90 Å². The molecule has 1 rings (SSSR count). The summed E-state index contributed by atoms with van der Waals surface area (Å²) in [5, 5.41) is 0. The summed E-state index contributed by atoms with van der Waals surface area (Å²) in [6, 6.07) is 5.55. The first-order chi connectivity index (χ1) is 9.25. The molecule has 0 fully saturated rings. The predicted octanol–water partition coefficient (Wildman–Crippen LogP) is 3.89. The molecule has 0 N–H and O–H groups in total. The maximum Gasteiger partial charge on any atom is 0.243 e. The van der Waals surface area contributed by atoms with E-state index in [2.05, 4.69) is 0 Å². The summed E-state index contributed by atoms with van der Waals surface area (Å²) >= 11 is 0. The number of benzene rings is 1. The molecule has 2 unspecified atom stereocenters. The first-order valence-corrected chi connectivity index (χ1v) is 8.80. The van der Waals surface area contributed by atoms with Crippen molar-refractivity contribution >= 4 is 10.0 Å². The molecule has 0 saturated carbocycles. The second kappa shape index (κ2) is 6.72. The van der Waals surface area contributed by atoms with E-state index < -0.39 is 10.0 Å². The van der Waals surface area contributed by atoms with Crippen LogP contribution < -0.4 is 0 Å². The Bertz CT molecular complexity index is 542. The van der Waals surface area contributed by atoms with Crippen LogP contribution >= 0.6 is 0 Å². The van der Waals surface area contributed by atoms with Gasteiger partial charge < -0.3 is 0 Å². The van der Waals surface area contributed by atoms with Crippen molar-refractivity contribution < 1.29 is 8.42 Å². The molecule has 2 atom stereocenters. The molecule has 20 heavy (non-hydrogen) atoms. The topological polar surface area (TPSA) is 37.4 Å². The molecule has 0 heterocycles. The van der Waals surface area contributed by atoms with Crippen LogP contribution in [0, 0.1) is 13.8 Å². The van der Waals surface area contributed by atoms with E-state index in [1.165, 1.54) is 0 Å². The van der Waals surface area contributed by atoms with Crippen molar-refractivity contribution in [3.8, 4) is 0 Å². The number of rotatable bonds is 6. The third kappa shape index (κ3) is 3.41. The smallest absolute Gasteiger partial charge is 0.207 e. The highest BCUT2D eigenvalue weighted by Gasteiger charge is 2.32. The normalized spacial score (nSPS) is 15.3. The Kier molecular flexibility index (Phi) is 5.78. The molecule has 0 aliphatic rings. The van der Waals surface area contributed by atoms with Crippen LogP contribution in [0.1, 0.15) is 51.7 Å². The SMILES string of the molecule is CCC(C)N(C(C)CC)S(=O)(=O)c1ccc(C)cc1C. The summed E-state index contributed by atoms with van der Waals surface area (Å²) in [5.41, 5.74) is 1.90. The van der Waals surface area contributed by atoms with Crippen molar-refractivity contribution in [1.82, 2.24) is 4.31 Å². The van der Waals surface area contributed by atoms with Crippen LogP contribution in [0.15, 0.2) is 23.1 Å². The zero-order valence-electron chi connectivity index (χ0n) is 13.5. The van der Waals surface area contributed by atoms with Gasteiger partial charge in [0.05, 0.1) is 4.90 Å². The predicted molar refractivity (Wildman–Crippen MR) is 84.4 cm³/mol. The average Bonchev–Trinajstić information content (AvgIpc) is 2.37. The summed E-state index contributed by atoms with van der Waals surface area (Å²) in [6.45, 7) is 11.9. The van der Waals surface area contributed by atoms with Crippen LogP contribution in [0.3, 0.4) is 0 Å². The van der Waals surface area contributed by atoms with Crippen LogP contribution in [-0.4, -0.2) is 24.8 Å². The number of nitrogens with zero attached hydrogens (tertiary/aromatic N) is 1. The van der Waals surface area contributed by atoms with Gasteiger partial charge in [-0.15, -0.1) is 0 Å². The minimum absolute atomic E-state index is 0.00986. The van der Waals surface area contributed by atoms with Crippen LogP contribution in [0.5, 0.6) is 0 Å². The second-order valence-electron chi connectivity index (χ2n) is 5.62. The minimum atomic E-state index is -3.44. The van der Waals surface area contributed by atoms with E-state index in [-0.39, 0.29) is 12.1 Å². The lowest BCUT2D eigenvalue weighted by Crippen LogP contribution is -2.44. The van der Waals surface area contributed by atoms with E-state index >= 15 is 0 Å². The highest BCUT2D eigenvalue weighted by atomic mass is 32.2. The van der Waals surface area contributed by atoms with Gasteiger partial charge >= 0.3 is 0 Å². The number of hydrogen-bond acceptors (Lipinski definition) is 2. The number of sulfonamides is 1. The van der Waals surface area contributed by atoms with Gasteiger partial charge in [-0.25, -0.2) is 8.42 Å². The molecule has 0 aliphatic carbocycles. The third-order valence-electron chi connectivity index (χ3n) is 3.94. The molecule has 0 radical (unpaired) electrons. The quantitative estimate of drug-likeness (QED) is 0.799. The lowest BCUT2D eigenvalue weighted by molar-refractivity contribution is 0.262. The summed E-state index contributed by atoms with van der Waals surface area (Å²) in [7, 11) is -3.44. The Balaban J connectivity index is 3.36. The van der Waals surface area contributed by atoms with Gasteiger partial charge in [-0.1, -0.05) is 31.5 Å². The van der Waals surface area contributed by atoms with Gasteiger partial charge in [-0.05, 0) is 52.2 Å². The summed E-state index contributed by atoms with van der Waals surface area (Å²) < 4.78 is 27.7. The van der Waals surface area contributed by atoms with E-state index in [1.807, 2.05) is 53.7 Å². The monoisotopic (exact) mass is 297 g/mol. The molecule has 1 aromatic carbocycles. The Morgan fingerprint density at radius 2 is 1.55 bits per heavy atom. The highest BCUT2D eigenvalue weighted by molar-refractivity contribution is 7.89. The zero-order chi connectivity index (χ0) is 15.5. The fourth-order valence-electron chi connectivity index (χ4n) is 2.47. The van der Waals surface area contributed by atoms with Crippen LogP contribution in [0.4, 0.5) is 0 Å². The van der Waals surface area contributed by atoms with E-state index in [9.17, 15) is 8.42 Å². The molecule has 1 aromatic rings. The van der Waals surface area contributed by atoms with Gasteiger partial charge in [-0.3, -0.25) is 0 Å². The Morgan fingerprint density at radius 1 is 1.05 bits per heavy atom. The molecule has 0 amide bonds. The van der Waals surface area contributed by atoms with Gasteiger partial charge in [0.1, 0.15) is 0 Å². The summed E-state index contributed by atoms with van der Waals surface area (Å²) in [4.78, 5) is 0.434. The second-order valence-corrected chi connectivity index (χ2v) is 7.43. The molecular weight excluding hydrogens is 270 g/mol. The highest BCUT2D eigenvalue weighted by Crippen LogP contribution is 2.26. The molecular formula is C16H27NO2S. The lowest BCUT2D eigenvalue weighted by atomic mass is 10.2. The number of aryl methyl sites for hydroxylation is 2. The van der Waals surface area contributed by atoms with Gasteiger partial charge in [-0.2, -0.15) is 4.31 Å². The molecule has 0 aromatic heterocycles. The molecule has 114 valence electrons.